The van der Waals surface area contributed by atoms with E-state index in [2.05, 4.69) is 55.2 Å². The van der Waals surface area contributed by atoms with Gasteiger partial charge in [0, 0.05) is 16.6 Å². The van der Waals surface area contributed by atoms with Crippen LogP contribution in [0.25, 0.3) is 22.2 Å². The number of benzene rings is 2. The average molecular weight is 265 g/mol. The molecule has 0 amide bonds. The molecule has 1 N–H and O–H groups in total. The zero-order chi connectivity index (χ0) is 14.1. The molecule has 2 aromatic carbocycles. The number of aromatic amines is 1. The van der Waals surface area contributed by atoms with Gasteiger partial charge in [0.2, 0.25) is 0 Å². The van der Waals surface area contributed by atoms with Gasteiger partial charge in [-0.25, -0.2) is 0 Å². The summed E-state index contributed by atoms with van der Waals surface area (Å²) in [6.07, 6.45) is 0. The fourth-order valence-corrected chi connectivity index (χ4v) is 2.44. The number of aromatic nitrogens is 1. The van der Waals surface area contributed by atoms with Crippen LogP contribution in [-0.2, 0) is 0 Å². The van der Waals surface area contributed by atoms with Crippen LogP contribution in [0.4, 0.5) is 0 Å². The molecule has 0 aliphatic heterocycles. The van der Waals surface area contributed by atoms with Gasteiger partial charge in [0.15, 0.2) is 0 Å². The van der Waals surface area contributed by atoms with E-state index in [0.717, 1.165) is 11.4 Å². The molecule has 1 heterocycles. The SMILES string of the molecule is COc1ccc(-c2cc3cc(C(C)C)ccc3[nH]2)cc1. The number of rotatable bonds is 3. The number of nitrogens with one attached hydrogen (secondary N) is 1. The molecular weight excluding hydrogens is 246 g/mol. The van der Waals surface area contributed by atoms with Crippen LogP contribution in [0.5, 0.6) is 5.75 Å². The number of methoxy groups -OCH3 is 1. The summed E-state index contributed by atoms with van der Waals surface area (Å²) < 4.78 is 5.20. The maximum Gasteiger partial charge on any atom is 0.118 e. The molecule has 3 aromatic rings. The van der Waals surface area contributed by atoms with Crippen LogP contribution < -0.4 is 4.74 Å². The molecule has 0 radical (unpaired) electrons. The maximum absolute atomic E-state index is 5.20. The second kappa shape index (κ2) is 5.04. The minimum absolute atomic E-state index is 0.554. The smallest absolute Gasteiger partial charge is 0.118 e. The highest BCUT2D eigenvalue weighted by Crippen LogP contribution is 2.27. The van der Waals surface area contributed by atoms with E-state index >= 15 is 0 Å². The Balaban J connectivity index is 2.03. The summed E-state index contributed by atoms with van der Waals surface area (Å²) in [5.41, 5.74) is 4.87. The normalized spacial score (nSPS) is 11.2. The highest BCUT2D eigenvalue weighted by Gasteiger charge is 2.06. The third-order valence-electron chi connectivity index (χ3n) is 3.71. The molecule has 2 heteroatoms. The molecule has 2 nitrogen and oxygen atoms in total. The minimum atomic E-state index is 0.554. The van der Waals surface area contributed by atoms with Crippen LogP contribution in [0.2, 0.25) is 0 Å². The van der Waals surface area contributed by atoms with Gasteiger partial charge in [-0.3, -0.25) is 0 Å². The molecule has 3 rings (SSSR count). The lowest BCUT2D eigenvalue weighted by Crippen LogP contribution is -1.85. The molecule has 0 saturated heterocycles. The molecular formula is C18H19NO. The van der Waals surface area contributed by atoms with Crippen molar-refractivity contribution in [1.29, 1.82) is 0 Å². The lowest BCUT2D eigenvalue weighted by atomic mass is 10.0. The van der Waals surface area contributed by atoms with E-state index in [0.29, 0.717) is 5.92 Å². The van der Waals surface area contributed by atoms with Gasteiger partial charge in [-0.05, 0) is 59.5 Å². The second-order valence-electron chi connectivity index (χ2n) is 5.41. The molecule has 0 aliphatic carbocycles. The molecule has 0 bridgehead atoms. The molecule has 1 aromatic heterocycles. The Morgan fingerprint density at radius 2 is 1.70 bits per heavy atom. The van der Waals surface area contributed by atoms with Crippen molar-refractivity contribution in [3.8, 4) is 17.0 Å². The number of H-pyrrole nitrogens is 1. The van der Waals surface area contributed by atoms with Gasteiger partial charge in [0.25, 0.3) is 0 Å². The van der Waals surface area contributed by atoms with Gasteiger partial charge in [-0.1, -0.05) is 19.9 Å². The summed E-state index contributed by atoms with van der Waals surface area (Å²) in [6, 6.07) is 17.0. The van der Waals surface area contributed by atoms with E-state index < -0.39 is 0 Å². The molecule has 0 spiro atoms. The van der Waals surface area contributed by atoms with Gasteiger partial charge < -0.3 is 9.72 Å². The van der Waals surface area contributed by atoms with Gasteiger partial charge in [0.05, 0.1) is 7.11 Å². The number of fused-ring (bicyclic) bond motifs is 1. The largest absolute Gasteiger partial charge is 0.497 e. The first kappa shape index (κ1) is 12.8. The fraction of sp³-hybridized carbons (Fsp3) is 0.222. The molecule has 0 saturated carbocycles. The van der Waals surface area contributed by atoms with Crippen LogP contribution in [0.3, 0.4) is 0 Å². The van der Waals surface area contributed by atoms with Gasteiger partial charge in [0.1, 0.15) is 5.75 Å². The first-order chi connectivity index (χ1) is 9.67. The fourth-order valence-electron chi connectivity index (χ4n) is 2.44. The summed E-state index contributed by atoms with van der Waals surface area (Å²) in [4.78, 5) is 3.47. The highest BCUT2D eigenvalue weighted by molar-refractivity contribution is 5.86. The second-order valence-corrected chi connectivity index (χ2v) is 5.41. The Labute approximate surface area is 119 Å². The van der Waals surface area contributed by atoms with Crippen molar-refractivity contribution < 1.29 is 4.74 Å². The van der Waals surface area contributed by atoms with E-state index in [1.165, 1.54) is 22.0 Å². The molecule has 0 aliphatic rings. The summed E-state index contributed by atoms with van der Waals surface area (Å²) in [5.74, 6) is 1.44. The van der Waals surface area contributed by atoms with E-state index in [4.69, 9.17) is 4.74 Å². The van der Waals surface area contributed by atoms with Gasteiger partial charge >= 0.3 is 0 Å². The van der Waals surface area contributed by atoms with E-state index in [1.807, 2.05) is 12.1 Å². The highest BCUT2D eigenvalue weighted by atomic mass is 16.5. The minimum Gasteiger partial charge on any atom is -0.497 e. The Bertz CT molecular complexity index is 723. The monoisotopic (exact) mass is 265 g/mol. The van der Waals surface area contributed by atoms with Crippen LogP contribution in [-0.4, -0.2) is 12.1 Å². The summed E-state index contributed by atoms with van der Waals surface area (Å²) in [6.45, 7) is 4.44. The lowest BCUT2D eigenvalue weighted by Gasteiger charge is -2.03. The van der Waals surface area contributed by atoms with Crippen molar-refractivity contribution in [3.63, 3.8) is 0 Å². The standard InChI is InChI=1S/C18H19NO/c1-12(2)14-6-9-17-15(10-14)11-18(19-17)13-4-7-16(20-3)8-5-13/h4-12,19H,1-3H3. The van der Waals surface area contributed by atoms with Crippen LogP contribution in [0.15, 0.2) is 48.5 Å². The van der Waals surface area contributed by atoms with Crippen molar-refractivity contribution in [2.75, 3.05) is 7.11 Å². The van der Waals surface area contributed by atoms with Gasteiger partial charge in [-0.2, -0.15) is 0 Å². The third kappa shape index (κ3) is 2.29. The van der Waals surface area contributed by atoms with Crippen molar-refractivity contribution in [1.82, 2.24) is 4.98 Å². The number of hydrogen-bond acceptors (Lipinski definition) is 1. The summed E-state index contributed by atoms with van der Waals surface area (Å²) in [7, 11) is 1.69. The first-order valence-electron chi connectivity index (χ1n) is 6.94. The topological polar surface area (TPSA) is 25.0 Å². The Hall–Kier alpha value is -2.22. The lowest BCUT2D eigenvalue weighted by molar-refractivity contribution is 0.415. The molecule has 20 heavy (non-hydrogen) atoms. The van der Waals surface area contributed by atoms with Gasteiger partial charge in [-0.15, -0.1) is 0 Å². The molecule has 0 unspecified atom stereocenters. The van der Waals surface area contributed by atoms with Crippen LogP contribution in [0.1, 0.15) is 25.3 Å². The summed E-state index contributed by atoms with van der Waals surface area (Å²) >= 11 is 0. The van der Waals surface area contributed by atoms with E-state index in [1.54, 1.807) is 7.11 Å². The predicted molar refractivity (Wildman–Crippen MR) is 84.4 cm³/mol. The van der Waals surface area contributed by atoms with Crippen molar-refractivity contribution >= 4 is 10.9 Å². The van der Waals surface area contributed by atoms with E-state index in [9.17, 15) is 0 Å². The van der Waals surface area contributed by atoms with E-state index in [-0.39, 0.29) is 0 Å². The number of ether oxygens (including phenoxy) is 1. The Morgan fingerprint density at radius 3 is 2.35 bits per heavy atom. The zero-order valence-electron chi connectivity index (χ0n) is 12.1. The molecule has 102 valence electrons. The average Bonchev–Trinajstić information content (AvgIpc) is 2.90. The quantitative estimate of drug-likeness (QED) is 0.710. The number of hydrogen-bond donors (Lipinski definition) is 1. The van der Waals surface area contributed by atoms with Crippen molar-refractivity contribution in [2.24, 2.45) is 0 Å². The molecule has 0 atom stereocenters. The van der Waals surface area contributed by atoms with Crippen molar-refractivity contribution in [3.05, 3.63) is 54.1 Å². The van der Waals surface area contributed by atoms with Crippen molar-refractivity contribution in [2.45, 2.75) is 19.8 Å². The molecule has 0 fully saturated rings. The first-order valence-corrected chi connectivity index (χ1v) is 6.94. The van der Waals surface area contributed by atoms with Crippen LogP contribution >= 0.6 is 0 Å². The Kier molecular flexibility index (Phi) is 3.23. The zero-order valence-corrected chi connectivity index (χ0v) is 12.1. The maximum atomic E-state index is 5.20. The third-order valence-corrected chi connectivity index (χ3v) is 3.71. The summed E-state index contributed by atoms with van der Waals surface area (Å²) in [5, 5.41) is 1.27. The van der Waals surface area contributed by atoms with Crippen LogP contribution in [0, 0.1) is 0 Å². The Morgan fingerprint density at radius 1 is 0.950 bits per heavy atom. The predicted octanol–water partition coefficient (Wildman–Crippen LogP) is 4.97.